The maximum atomic E-state index is 10.1. The molecule has 0 spiro atoms. The first kappa shape index (κ1) is 7.60. The summed E-state index contributed by atoms with van der Waals surface area (Å²) in [5.74, 6) is -2.26. The Morgan fingerprint density at radius 1 is 1.60 bits per heavy atom. The zero-order valence-electron chi connectivity index (χ0n) is 4.85. The fourth-order valence-corrected chi connectivity index (χ4v) is 1.26. The number of hydrogen-bond donors (Lipinski definition) is 3. The lowest BCUT2D eigenvalue weighted by Crippen LogP contribution is -2.61. The molecule has 1 saturated heterocycles. The second kappa shape index (κ2) is 2.27. The van der Waals surface area contributed by atoms with Gasteiger partial charge in [-0.3, -0.25) is 4.46 Å². The van der Waals surface area contributed by atoms with Crippen LogP contribution in [0.3, 0.4) is 0 Å². The molecule has 0 aromatic heterocycles. The molecule has 0 aliphatic carbocycles. The standard InChI is InChI=1S/C3H6O6Si/c4-1-2(5)3(6)8-10(7)9-3/h2,4-6H,1H2. The molecule has 0 radical (unpaired) electrons. The first-order chi connectivity index (χ1) is 4.58. The van der Waals surface area contributed by atoms with Gasteiger partial charge < -0.3 is 24.2 Å². The van der Waals surface area contributed by atoms with Crippen LogP contribution in [-0.4, -0.2) is 43.2 Å². The lowest BCUT2D eigenvalue weighted by molar-refractivity contribution is -0.393. The summed E-state index contributed by atoms with van der Waals surface area (Å²) in [7, 11) is -2.63. The first-order valence-electron chi connectivity index (χ1n) is 2.52. The highest BCUT2D eigenvalue weighted by Crippen LogP contribution is 2.23. The summed E-state index contributed by atoms with van der Waals surface area (Å²) in [5, 5.41) is 25.8. The van der Waals surface area contributed by atoms with Gasteiger partial charge in [0.2, 0.25) is 0 Å². The molecular weight excluding hydrogens is 160 g/mol. The van der Waals surface area contributed by atoms with E-state index in [9.17, 15) is 4.46 Å². The molecule has 1 rings (SSSR count). The van der Waals surface area contributed by atoms with E-state index in [1.54, 1.807) is 0 Å². The molecule has 0 aromatic rings. The fraction of sp³-hybridized carbons (Fsp3) is 1.00. The molecule has 1 fully saturated rings. The Bertz CT molecular complexity index is 149. The lowest BCUT2D eigenvalue weighted by atomic mass is 10.3. The average molecular weight is 166 g/mol. The van der Waals surface area contributed by atoms with Crippen LogP contribution in [0.15, 0.2) is 0 Å². The molecule has 1 atom stereocenters. The van der Waals surface area contributed by atoms with Crippen molar-refractivity contribution in [3.05, 3.63) is 0 Å². The van der Waals surface area contributed by atoms with Crippen LogP contribution in [0.25, 0.3) is 0 Å². The van der Waals surface area contributed by atoms with E-state index < -0.39 is 27.9 Å². The first-order valence-corrected chi connectivity index (χ1v) is 3.74. The van der Waals surface area contributed by atoms with Crippen LogP contribution in [-0.2, 0) is 13.3 Å². The van der Waals surface area contributed by atoms with Crippen LogP contribution in [0.5, 0.6) is 0 Å². The highest BCUT2D eigenvalue weighted by Gasteiger charge is 2.55. The average Bonchev–Trinajstić information content (AvgIpc) is 1.83. The molecule has 3 N–H and O–H groups in total. The van der Waals surface area contributed by atoms with Crippen molar-refractivity contribution in [2.45, 2.75) is 12.1 Å². The predicted octanol–water partition coefficient (Wildman–Crippen LogP) is -2.55. The summed E-state index contributed by atoms with van der Waals surface area (Å²) in [6.07, 6.45) is -1.57. The molecule has 6 nitrogen and oxygen atoms in total. The van der Waals surface area contributed by atoms with Gasteiger partial charge in [0.1, 0.15) is 0 Å². The lowest BCUT2D eigenvalue weighted by Gasteiger charge is -2.37. The number of rotatable bonds is 2. The van der Waals surface area contributed by atoms with Crippen molar-refractivity contribution in [2.75, 3.05) is 6.61 Å². The van der Waals surface area contributed by atoms with E-state index >= 15 is 0 Å². The van der Waals surface area contributed by atoms with E-state index in [2.05, 4.69) is 8.85 Å². The van der Waals surface area contributed by atoms with Crippen molar-refractivity contribution in [3.8, 4) is 0 Å². The Labute approximate surface area is 57.5 Å². The molecule has 0 aromatic carbocycles. The van der Waals surface area contributed by atoms with Gasteiger partial charge in [-0.05, 0) is 0 Å². The second-order valence-electron chi connectivity index (χ2n) is 1.78. The third-order valence-electron chi connectivity index (χ3n) is 1.05. The Morgan fingerprint density at radius 2 is 2.10 bits per heavy atom. The zero-order chi connectivity index (χ0) is 7.78. The van der Waals surface area contributed by atoms with Crippen molar-refractivity contribution >= 4 is 9.17 Å². The summed E-state index contributed by atoms with van der Waals surface area (Å²) < 4.78 is 18.4. The third kappa shape index (κ3) is 1.03. The van der Waals surface area contributed by atoms with Crippen LogP contribution in [0, 0.1) is 0 Å². The molecule has 1 aliphatic rings. The predicted molar refractivity (Wildman–Crippen MR) is 26.7 cm³/mol. The molecule has 1 aliphatic heterocycles. The zero-order valence-corrected chi connectivity index (χ0v) is 5.85. The Kier molecular flexibility index (Phi) is 1.73. The van der Waals surface area contributed by atoms with Gasteiger partial charge in [-0.2, -0.15) is 0 Å². The molecule has 1 heterocycles. The summed E-state index contributed by atoms with van der Waals surface area (Å²) in [6, 6.07) is 0. The van der Waals surface area contributed by atoms with Gasteiger partial charge in [0.15, 0.2) is 6.10 Å². The van der Waals surface area contributed by atoms with Crippen molar-refractivity contribution in [1.82, 2.24) is 0 Å². The summed E-state index contributed by atoms with van der Waals surface area (Å²) in [4.78, 5) is 0. The molecule has 1 unspecified atom stereocenters. The SMILES string of the molecule is O=[Si]1OC(O)(C(O)CO)O1. The number of aliphatic hydroxyl groups excluding tert-OH is 2. The van der Waals surface area contributed by atoms with Gasteiger partial charge in [-0.15, -0.1) is 0 Å². The summed E-state index contributed by atoms with van der Waals surface area (Å²) in [5.41, 5.74) is 0. The van der Waals surface area contributed by atoms with Crippen molar-refractivity contribution in [1.29, 1.82) is 0 Å². The summed E-state index contributed by atoms with van der Waals surface area (Å²) >= 11 is 0. The molecule has 58 valence electrons. The molecular formula is C3H6O6Si. The minimum atomic E-state index is -2.63. The maximum absolute atomic E-state index is 10.1. The normalized spacial score (nSPS) is 24.1. The van der Waals surface area contributed by atoms with E-state index in [1.165, 1.54) is 0 Å². The molecule has 0 amide bonds. The van der Waals surface area contributed by atoms with Crippen LogP contribution in [0.4, 0.5) is 0 Å². The third-order valence-corrected chi connectivity index (χ3v) is 1.97. The van der Waals surface area contributed by atoms with Crippen molar-refractivity contribution in [3.63, 3.8) is 0 Å². The Balaban J connectivity index is 2.47. The minimum Gasteiger partial charge on any atom is -0.433 e. The number of hydrogen-bond acceptors (Lipinski definition) is 6. The smallest absolute Gasteiger partial charge is 0.433 e. The fourth-order valence-electron chi connectivity index (χ4n) is 0.498. The van der Waals surface area contributed by atoms with Gasteiger partial charge in [0.05, 0.1) is 6.61 Å². The monoisotopic (exact) mass is 166 g/mol. The van der Waals surface area contributed by atoms with Crippen LogP contribution in [0.2, 0.25) is 0 Å². The highest BCUT2D eigenvalue weighted by molar-refractivity contribution is 6.28. The van der Waals surface area contributed by atoms with Crippen LogP contribution in [0.1, 0.15) is 0 Å². The van der Waals surface area contributed by atoms with E-state index in [0.717, 1.165) is 0 Å². The van der Waals surface area contributed by atoms with Gasteiger partial charge in [0.25, 0.3) is 0 Å². The second-order valence-corrected chi connectivity index (χ2v) is 2.69. The highest BCUT2D eigenvalue weighted by atomic mass is 28.3. The van der Waals surface area contributed by atoms with E-state index in [-0.39, 0.29) is 0 Å². The van der Waals surface area contributed by atoms with E-state index in [0.29, 0.717) is 0 Å². The number of aliphatic hydroxyl groups is 3. The quantitative estimate of drug-likeness (QED) is 0.391. The van der Waals surface area contributed by atoms with E-state index in [4.69, 9.17) is 15.3 Å². The van der Waals surface area contributed by atoms with Crippen molar-refractivity contribution < 1.29 is 28.6 Å². The molecule has 10 heavy (non-hydrogen) atoms. The van der Waals surface area contributed by atoms with Crippen LogP contribution < -0.4 is 0 Å². The Morgan fingerprint density at radius 3 is 2.40 bits per heavy atom. The maximum Gasteiger partial charge on any atom is 0.776 e. The summed E-state index contributed by atoms with van der Waals surface area (Å²) in [6.45, 7) is -0.717. The largest absolute Gasteiger partial charge is 0.776 e. The van der Waals surface area contributed by atoms with Gasteiger partial charge in [-0.1, -0.05) is 0 Å². The van der Waals surface area contributed by atoms with Gasteiger partial charge >= 0.3 is 15.1 Å². The molecule has 7 heteroatoms. The Hall–Kier alpha value is -0.503. The topological polar surface area (TPSA) is 96.2 Å². The minimum absolute atomic E-state index is 0.717. The molecule has 0 saturated carbocycles. The van der Waals surface area contributed by atoms with Gasteiger partial charge in [-0.25, -0.2) is 0 Å². The van der Waals surface area contributed by atoms with E-state index in [1.807, 2.05) is 0 Å². The van der Waals surface area contributed by atoms with Crippen LogP contribution >= 0.6 is 0 Å². The van der Waals surface area contributed by atoms with Gasteiger partial charge in [0, 0.05) is 0 Å². The van der Waals surface area contributed by atoms with Crippen molar-refractivity contribution in [2.24, 2.45) is 0 Å². The molecule has 0 bridgehead atoms.